The fraction of sp³-hybridized carbons (Fsp3) is 0.444. The molecule has 16 heavy (non-hydrogen) atoms. The molecule has 1 aromatic heterocycles. The van der Waals surface area contributed by atoms with E-state index in [0.29, 0.717) is 11.4 Å². The molecule has 0 spiro atoms. The maximum Gasteiger partial charge on any atom is 0.257 e. The Morgan fingerprint density at radius 1 is 1.56 bits per heavy atom. The zero-order valence-corrected chi connectivity index (χ0v) is 9.62. The van der Waals surface area contributed by atoms with Crippen molar-refractivity contribution in [2.45, 2.75) is 24.0 Å². The van der Waals surface area contributed by atoms with Crippen molar-refractivity contribution in [3.05, 3.63) is 12.3 Å². The molecule has 0 bridgehead atoms. The second kappa shape index (κ2) is 3.91. The first-order chi connectivity index (χ1) is 7.52. The number of ether oxygens (including phenoxy) is 1. The van der Waals surface area contributed by atoms with Crippen LogP contribution in [0.1, 0.15) is 12.8 Å². The highest BCUT2D eigenvalue weighted by Gasteiger charge is 2.26. The molecule has 2 rings (SSSR count). The third-order valence-electron chi connectivity index (χ3n) is 2.22. The Bertz CT molecular complexity index is 497. The molecule has 1 aliphatic carbocycles. The van der Waals surface area contributed by atoms with Crippen molar-refractivity contribution in [1.29, 1.82) is 0 Å². The molecule has 6 nitrogen and oxygen atoms in total. The highest BCUT2D eigenvalue weighted by atomic mass is 32.2. The highest BCUT2D eigenvalue weighted by Crippen LogP contribution is 2.34. The van der Waals surface area contributed by atoms with Crippen molar-refractivity contribution in [1.82, 2.24) is 4.98 Å². The number of primary sulfonamides is 1. The van der Waals surface area contributed by atoms with E-state index >= 15 is 0 Å². The maximum atomic E-state index is 11.3. The van der Waals surface area contributed by atoms with Crippen LogP contribution in [0.5, 0.6) is 5.75 Å². The Kier molecular flexibility index (Phi) is 2.73. The Morgan fingerprint density at radius 2 is 2.25 bits per heavy atom. The SMILES string of the molecule is CNc1c(OC2CC2)ccnc1S(N)(=O)=O. The molecule has 0 unspecified atom stereocenters. The summed E-state index contributed by atoms with van der Waals surface area (Å²) >= 11 is 0. The number of sulfonamides is 1. The smallest absolute Gasteiger partial charge is 0.257 e. The monoisotopic (exact) mass is 243 g/mol. The van der Waals surface area contributed by atoms with Gasteiger partial charge in [-0.05, 0) is 12.8 Å². The standard InChI is InChI=1S/C9H13N3O3S/c1-11-8-7(15-6-2-3-6)4-5-12-9(8)16(10,13)14/h4-6,11H,2-3H2,1H3,(H2,10,13,14). The first-order valence-electron chi connectivity index (χ1n) is 4.88. The van der Waals surface area contributed by atoms with Crippen molar-refractivity contribution in [3.8, 4) is 5.75 Å². The van der Waals surface area contributed by atoms with Gasteiger partial charge in [0.15, 0.2) is 5.03 Å². The molecule has 1 aliphatic rings. The van der Waals surface area contributed by atoms with E-state index in [2.05, 4.69) is 10.3 Å². The van der Waals surface area contributed by atoms with Crippen molar-refractivity contribution in [2.75, 3.05) is 12.4 Å². The fourth-order valence-electron chi connectivity index (χ4n) is 1.34. The Morgan fingerprint density at radius 3 is 2.75 bits per heavy atom. The van der Waals surface area contributed by atoms with Crippen LogP contribution in [0.4, 0.5) is 5.69 Å². The number of nitrogens with one attached hydrogen (secondary N) is 1. The van der Waals surface area contributed by atoms with Crippen LogP contribution in [0.25, 0.3) is 0 Å². The summed E-state index contributed by atoms with van der Waals surface area (Å²) in [6.45, 7) is 0. The topological polar surface area (TPSA) is 94.3 Å². The summed E-state index contributed by atoms with van der Waals surface area (Å²) in [4.78, 5) is 3.75. The van der Waals surface area contributed by atoms with E-state index in [1.54, 1.807) is 13.1 Å². The molecular weight excluding hydrogens is 230 g/mol. The lowest BCUT2D eigenvalue weighted by Gasteiger charge is -2.12. The predicted molar refractivity (Wildman–Crippen MR) is 58.8 cm³/mol. The van der Waals surface area contributed by atoms with E-state index in [9.17, 15) is 8.42 Å². The minimum absolute atomic E-state index is 0.183. The van der Waals surface area contributed by atoms with Crippen LogP contribution >= 0.6 is 0 Å². The maximum absolute atomic E-state index is 11.3. The summed E-state index contributed by atoms with van der Waals surface area (Å²) in [5.74, 6) is 0.476. The van der Waals surface area contributed by atoms with Crippen LogP contribution < -0.4 is 15.2 Å². The second-order valence-electron chi connectivity index (χ2n) is 3.60. The molecule has 3 N–H and O–H groups in total. The van der Waals surface area contributed by atoms with E-state index in [-0.39, 0.29) is 11.1 Å². The lowest BCUT2D eigenvalue weighted by atomic mass is 10.4. The zero-order valence-electron chi connectivity index (χ0n) is 8.80. The minimum atomic E-state index is -3.84. The van der Waals surface area contributed by atoms with Gasteiger partial charge in [0, 0.05) is 19.3 Å². The zero-order chi connectivity index (χ0) is 11.8. The van der Waals surface area contributed by atoms with Crippen LogP contribution in [0.2, 0.25) is 0 Å². The number of pyridine rings is 1. The summed E-state index contributed by atoms with van der Waals surface area (Å²) in [5.41, 5.74) is 0.317. The van der Waals surface area contributed by atoms with E-state index < -0.39 is 10.0 Å². The summed E-state index contributed by atoms with van der Waals surface area (Å²) in [7, 11) is -2.23. The van der Waals surface area contributed by atoms with Gasteiger partial charge in [-0.2, -0.15) is 0 Å². The van der Waals surface area contributed by atoms with Gasteiger partial charge in [0.1, 0.15) is 11.4 Å². The number of nitrogens with zero attached hydrogens (tertiary/aromatic N) is 1. The molecule has 1 heterocycles. The van der Waals surface area contributed by atoms with Gasteiger partial charge in [-0.15, -0.1) is 0 Å². The third kappa shape index (κ3) is 2.25. The Labute approximate surface area is 93.9 Å². The van der Waals surface area contributed by atoms with E-state index in [0.717, 1.165) is 12.8 Å². The number of anilines is 1. The fourth-order valence-corrected chi connectivity index (χ4v) is 2.03. The average molecular weight is 243 g/mol. The minimum Gasteiger partial charge on any atom is -0.488 e. The number of rotatable bonds is 4. The first-order valence-corrected chi connectivity index (χ1v) is 6.43. The van der Waals surface area contributed by atoms with Gasteiger partial charge in [0.2, 0.25) is 0 Å². The van der Waals surface area contributed by atoms with Crippen molar-refractivity contribution < 1.29 is 13.2 Å². The molecule has 0 amide bonds. The number of hydrogen-bond acceptors (Lipinski definition) is 5. The molecule has 0 saturated heterocycles. The number of hydrogen-bond donors (Lipinski definition) is 2. The number of nitrogens with two attached hydrogens (primary N) is 1. The van der Waals surface area contributed by atoms with Crippen LogP contribution in [-0.2, 0) is 10.0 Å². The molecule has 88 valence electrons. The quantitative estimate of drug-likeness (QED) is 0.793. The van der Waals surface area contributed by atoms with Crippen molar-refractivity contribution in [3.63, 3.8) is 0 Å². The molecule has 1 aromatic rings. The summed E-state index contributed by atoms with van der Waals surface area (Å²) in [6, 6.07) is 1.62. The highest BCUT2D eigenvalue weighted by molar-refractivity contribution is 7.89. The molecule has 0 atom stereocenters. The van der Waals surface area contributed by atoms with Crippen LogP contribution in [-0.4, -0.2) is 26.6 Å². The average Bonchev–Trinajstić information content (AvgIpc) is 3.00. The summed E-state index contributed by atoms with van der Waals surface area (Å²) in [5, 5.41) is 7.63. The van der Waals surface area contributed by atoms with Crippen LogP contribution in [0, 0.1) is 0 Å². The van der Waals surface area contributed by atoms with Gasteiger partial charge in [0.25, 0.3) is 10.0 Å². The lowest BCUT2D eigenvalue weighted by molar-refractivity contribution is 0.303. The molecule has 0 aromatic carbocycles. The normalized spacial score (nSPS) is 15.9. The lowest BCUT2D eigenvalue weighted by Crippen LogP contribution is -2.17. The van der Waals surface area contributed by atoms with Crippen LogP contribution in [0.15, 0.2) is 17.3 Å². The van der Waals surface area contributed by atoms with Crippen molar-refractivity contribution >= 4 is 15.7 Å². The van der Waals surface area contributed by atoms with Gasteiger partial charge in [-0.3, -0.25) is 0 Å². The molecule has 0 radical (unpaired) electrons. The largest absolute Gasteiger partial charge is 0.488 e. The molecular formula is C9H13N3O3S. The first kappa shape index (κ1) is 11.2. The summed E-state index contributed by atoms with van der Waals surface area (Å²) < 4.78 is 28.1. The third-order valence-corrected chi connectivity index (χ3v) is 3.06. The van der Waals surface area contributed by atoms with E-state index in [1.807, 2.05) is 0 Å². The van der Waals surface area contributed by atoms with E-state index in [1.165, 1.54) is 6.20 Å². The second-order valence-corrected chi connectivity index (χ2v) is 5.08. The van der Waals surface area contributed by atoms with Crippen LogP contribution in [0.3, 0.4) is 0 Å². The Balaban J connectivity index is 2.45. The molecule has 1 fully saturated rings. The summed E-state index contributed by atoms with van der Waals surface area (Å²) in [6.07, 6.45) is 3.55. The molecule has 7 heteroatoms. The Hall–Kier alpha value is -1.34. The molecule has 1 saturated carbocycles. The molecule has 0 aliphatic heterocycles. The van der Waals surface area contributed by atoms with Crippen molar-refractivity contribution in [2.24, 2.45) is 5.14 Å². The van der Waals surface area contributed by atoms with Gasteiger partial charge in [0.05, 0.1) is 6.10 Å². The number of aromatic nitrogens is 1. The van der Waals surface area contributed by atoms with Gasteiger partial charge >= 0.3 is 0 Å². The van der Waals surface area contributed by atoms with Gasteiger partial charge in [-0.25, -0.2) is 18.5 Å². The van der Waals surface area contributed by atoms with Gasteiger partial charge < -0.3 is 10.1 Å². The van der Waals surface area contributed by atoms with E-state index in [4.69, 9.17) is 9.88 Å². The predicted octanol–water partition coefficient (Wildman–Crippen LogP) is 0.312. The van der Waals surface area contributed by atoms with Gasteiger partial charge in [-0.1, -0.05) is 0 Å².